The van der Waals surface area contributed by atoms with Gasteiger partial charge in [0.05, 0.1) is 17.8 Å². The Morgan fingerprint density at radius 1 is 1.20 bits per heavy atom. The van der Waals surface area contributed by atoms with Crippen LogP contribution in [0.4, 0.5) is 14.6 Å². The molecule has 2 aromatic heterocycles. The van der Waals surface area contributed by atoms with Crippen molar-refractivity contribution in [1.82, 2.24) is 25.1 Å². The predicted octanol–water partition coefficient (Wildman–Crippen LogP) is 3.20. The number of nitrogens with zero attached hydrogens (tertiary/aromatic N) is 5. The van der Waals surface area contributed by atoms with Gasteiger partial charge in [0.25, 0.3) is 5.56 Å². The van der Waals surface area contributed by atoms with Gasteiger partial charge in [0.2, 0.25) is 0 Å². The molecule has 184 valence electrons. The number of nitrogens with one attached hydrogen (secondary N) is 1. The van der Waals surface area contributed by atoms with Crippen molar-refractivity contribution in [3.05, 3.63) is 52.8 Å². The van der Waals surface area contributed by atoms with E-state index >= 15 is 4.39 Å². The van der Waals surface area contributed by atoms with Crippen molar-refractivity contribution in [1.29, 1.82) is 0 Å². The molecular weight excluding hydrogens is 454 g/mol. The number of halogens is 2. The van der Waals surface area contributed by atoms with Crippen molar-refractivity contribution in [3.8, 4) is 28.3 Å². The Hall–Kier alpha value is -3.40. The fraction of sp³-hybridized carbons (Fsp3) is 0.440. The van der Waals surface area contributed by atoms with Gasteiger partial charge >= 0.3 is 0 Å². The third-order valence-electron chi connectivity index (χ3n) is 7.53. The summed E-state index contributed by atoms with van der Waals surface area (Å²) in [6.45, 7) is 4.06. The highest BCUT2D eigenvalue weighted by molar-refractivity contribution is 5.73. The smallest absolute Gasteiger partial charge is 0.251 e. The predicted molar refractivity (Wildman–Crippen MR) is 128 cm³/mol. The summed E-state index contributed by atoms with van der Waals surface area (Å²) in [7, 11) is 3.26. The van der Waals surface area contributed by atoms with Gasteiger partial charge in [-0.1, -0.05) is 6.07 Å². The van der Waals surface area contributed by atoms with Crippen LogP contribution in [-0.2, 0) is 7.05 Å². The molecule has 2 fully saturated rings. The van der Waals surface area contributed by atoms with E-state index in [0.29, 0.717) is 23.4 Å². The van der Waals surface area contributed by atoms with Crippen LogP contribution in [-0.4, -0.2) is 55.2 Å². The van der Waals surface area contributed by atoms with Crippen LogP contribution in [0.3, 0.4) is 0 Å². The molecule has 4 atom stereocenters. The number of anilines is 1. The molecule has 0 radical (unpaired) electrons. The Morgan fingerprint density at radius 3 is 2.66 bits per heavy atom. The van der Waals surface area contributed by atoms with Crippen LogP contribution < -0.4 is 15.8 Å². The number of rotatable bonds is 4. The number of aromatic nitrogens is 4. The topological polar surface area (TPSA) is 96.2 Å². The molecule has 3 aromatic rings. The minimum atomic E-state index is -1.07. The summed E-state index contributed by atoms with van der Waals surface area (Å²) in [5.74, 6) is -0.139. The Labute approximate surface area is 201 Å². The van der Waals surface area contributed by atoms with E-state index < -0.39 is 17.5 Å². The van der Waals surface area contributed by atoms with Crippen molar-refractivity contribution in [2.45, 2.75) is 56.4 Å². The zero-order chi connectivity index (χ0) is 25.1. The highest BCUT2D eigenvalue weighted by Gasteiger charge is 2.56. The number of piperidine rings is 1. The average molecular weight is 483 g/mol. The summed E-state index contributed by atoms with van der Waals surface area (Å²) < 4.78 is 30.9. The van der Waals surface area contributed by atoms with Crippen LogP contribution in [0.15, 0.2) is 41.5 Å². The summed E-state index contributed by atoms with van der Waals surface area (Å²) in [5.41, 5.74) is -0.302. The van der Waals surface area contributed by atoms with Crippen LogP contribution in [0.1, 0.15) is 33.1 Å². The standard InChI is InChI=1S/C25H28F2N6O2/c1-24-7-8-25(2,31-24)22(27)18(11-24)33(4)20-12-28-23(30-29-20)15-6-5-14(9-19(15)34)16-10-21(35)32(3)13-17(16)26/h5-6,9-10,12-13,18,22,31,34H,7-8,11H2,1-4H3/t18-,22-,24-,25+/m0/s1. The molecule has 1 aromatic carbocycles. The maximum atomic E-state index is 15.4. The number of phenolic OH excluding ortho intramolecular Hbond substituents is 1. The molecule has 4 heterocycles. The van der Waals surface area contributed by atoms with E-state index in [4.69, 9.17) is 0 Å². The molecule has 5 rings (SSSR count). The highest BCUT2D eigenvalue weighted by Crippen LogP contribution is 2.45. The van der Waals surface area contributed by atoms with Gasteiger partial charge in [-0.15, -0.1) is 10.2 Å². The fourth-order valence-electron chi connectivity index (χ4n) is 5.46. The van der Waals surface area contributed by atoms with Crippen molar-refractivity contribution < 1.29 is 13.9 Å². The van der Waals surface area contributed by atoms with Gasteiger partial charge in [0.1, 0.15) is 17.7 Å². The Balaban J connectivity index is 1.39. The van der Waals surface area contributed by atoms with Crippen LogP contribution >= 0.6 is 0 Å². The molecule has 2 aliphatic heterocycles. The van der Waals surface area contributed by atoms with E-state index in [-0.39, 0.29) is 34.3 Å². The van der Waals surface area contributed by atoms with E-state index in [1.807, 2.05) is 6.92 Å². The lowest BCUT2D eigenvalue weighted by molar-refractivity contribution is 0.0859. The molecule has 10 heteroatoms. The molecule has 2 saturated heterocycles. The average Bonchev–Trinajstić information content (AvgIpc) is 3.10. The van der Waals surface area contributed by atoms with Crippen LogP contribution in [0.2, 0.25) is 0 Å². The van der Waals surface area contributed by atoms with Gasteiger partial charge in [-0.25, -0.2) is 13.8 Å². The summed E-state index contributed by atoms with van der Waals surface area (Å²) >= 11 is 0. The highest BCUT2D eigenvalue weighted by atomic mass is 19.1. The zero-order valence-corrected chi connectivity index (χ0v) is 20.1. The second-order valence-electron chi connectivity index (χ2n) is 10.2. The number of phenols is 1. The van der Waals surface area contributed by atoms with Gasteiger partial charge in [0.15, 0.2) is 11.6 Å². The van der Waals surface area contributed by atoms with E-state index in [9.17, 15) is 14.3 Å². The molecule has 35 heavy (non-hydrogen) atoms. The summed E-state index contributed by atoms with van der Waals surface area (Å²) in [6, 6.07) is 5.30. The lowest BCUT2D eigenvalue weighted by Crippen LogP contribution is -2.65. The van der Waals surface area contributed by atoms with Gasteiger partial charge in [-0.2, -0.15) is 0 Å². The van der Waals surface area contributed by atoms with Crippen molar-refractivity contribution in [2.24, 2.45) is 7.05 Å². The van der Waals surface area contributed by atoms with Gasteiger partial charge in [0, 0.05) is 43.0 Å². The summed E-state index contributed by atoms with van der Waals surface area (Å²) in [5, 5.41) is 22.5. The SMILES string of the molecule is CN(c1cnc(-c2ccc(-c3cc(=O)n(C)cc3F)cc2O)nn1)[C@H]1C[C@]2(C)CC[C@@](C)(N2)[C@H]1F. The number of fused-ring (bicyclic) bond motifs is 2. The van der Waals surface area contributed by atoms with Crippen molar-refractivity contribution in [2.75, 3.05) is 11.9 Å². The van der Waals surface area contributed by atoms with Crippen LogP contribution in [0.5, 0.6) is 5.75 Å². The number of aromatic hydroxyl groups is 1. The number of pyridine rings is 1. The first kappa shape index (κ1) is 23.3. The van der Waals surface area contributed by atoms with Crippen LogP contribution in [0, 0.1) is 5.82 Å². The molecule has 0 unspecified atom stereocenters. The molecule has 2 bridgehead atoms. The summed E-state index contributed by atoms with van der Waals surface area (Å²) in [6.07, 6.45) is 3.89. The Kier molecular flexibility index (Phi) is 5.39. The lowest BCUT2D eigenvalue weighted by atomic mass is 9.82. The minimum Gasteiger partial charge on any atom is -0.507 e. The molecule has 8 nitrogen and oxygen atoms in total. The number of aryl methyl sites for hydroxylation is 1. The van der Waals surface area contributed by atoms with Gasteiger partial charge in [-0.3, -0.25) is 4.79 Å². The van der Waals surface area contributed by atoms with E-state index in [1.54, 1.807) is 24.1 Å². The Morgan fingerprint density at radius 2 is 1.97 bits per heavy atom. The quantitative estimate of drug-likeness (QED) is 0.590. The first-order valence-electron chi connectivity index (χ1n) is 11.6. The van der Waals surface area contributed by atoms with E-state index in [0.717, 1.165) is 23.6 Å². The summed E-state index contributed by atoms with van der Waals surface area (Å²) in [4.78, 5) is 18.0. The second kappa shape index (κ2) is 8.08. The normalized spacial score (nSPS) is 27.7. The molecule has 0 aliphatic carbocycles. The molecule has 0 amide bonds. The fourth-order valence-corrected chi connectivity index (χ4v) is 5.46. The maximum Gasteiger partial charge on any atom is 0.251 e. The van der Waals surface area contributed by atoms with Gasteiger partial charge in [-0.05, 0) is 50.8 Å². The van der Waals surface area contributed by atoms with E-state index in [1.165, 1.54) is 25.4 Å². The Bertz CT molecular complexity index is 1350. The lowest BCUT2D eigenvalue weighted by Gasteiger charge is -2.47. The maximum absolute atomic E-state index is 15.4. The van der Waals surface area contributed by atoms with Crippen molar-refractivity contribution >= 4 is 5.82 Å². The number of alkyl halides is 1. The molecule has 0 saturated carbocycles. The molecule has 0 spiro atoms. The first-order chi connectivity index (χ1) is 16.5. The second-order valence-corrected chi connectivity index (χ2v) is 10.2. The zero-order valence-electron chi connectivity index (χ0n) is 20.1. The van der Waals surface area contributed by atoms with Crippen LogP contribution in [0.25, 0.3) is 22.5 Å². The third kappa shape index (κ3) is 3.95. The number of benzene rings is 1. The largest absolute Gasteiger partial charge is 0.507 e. The molecule has 2 N–H and O–H groups in total. The third-order valence-corrected chi connectivity index (χ3v) is 7.53. The minimum absolute atomic E-state index is 0.0880. The number of hydrogen-bond donors (Lipinski definition) is 2. The van der Waals surface area contributed by atoms with Gasteiger partial charge < -0.3 is 19.9 Å². The first-order valence-corrected chi connectivity index (χ1v) is 11.6. The number of hydrogen-bond acceptors (Lipinski definition) is 7. The molecular formula is C25H28F2N6O2. The van der Waals surface area contributed by atoms with Crippen molar-refractivity contribution in [3.63, 3.8) is 0 Å². The monoisotopic (exact) mass is 482 g/mol. The molecule has 2 aliphatic rings. The van der Waals surface area contributed by atoms with E-state index in [2.05, 4.69) is 27.4 Å².